The monoisotopic (exact) mass is 311 g/mol. The van der Waals surface area contributed by atoms with Crippen LogP contribution in [0.5, 0.6) is 5.75 Å². The van der Waals surface area contributed by atoms with Crippen molar-refractivity contribution in [2.45, 2.75) is 6.92 Å². The summed E-state index contributed by atoms with van der Waals surface area (Å²) in [6, 6.07) is 1.72. The zero-order valence-electron chi connectivity index (χ0n) is 11.2. The lowest BCUT2D eigenvalue weighted by molar-refractivity contribution is 0.0607. The predicted octanol–water partition coefficient (Wildman–Crippen LogP) is 3.17. The summed E-state index contributed by atoms with van der Waals surface area (Å²) < 4.78 is 9.82. The molecular formula is C13H13NO4S2. The molecular weight excluding hydrogens is 298 g/mol. The minimum atomic E-state index is -0.462. The Kier molecular flexibility index (Phi) is 4.41. The second-order valence-electron chi connectivity index (χ2n) is 3.89. The molecule has 7 heteroatoms. The number of hydrogen-bond acceptors (Lipinski definition) is 6. The van der Waals surface area contributed by atoms with Crippen LogP contribution in [0.3, 0.4) is 0 Å². The molecule has 0 atom stereocenters. The SMILES string of the molecule is COC(=O)c1scc(C)c1NC(=O)c1sccc1OC. The van der Waals surface area contributed by atoms with E-state index in [1.165, 1.54) is 36.9 Å². The van der Waals surface area contributed by atoms with Crippen LogP contribution < -0.4 is 10.1 Å². The maximum atomic E-state index is 12.2. The van der Waals surface area contributed by atoms with Crippen molar-refractivity contribution in [1.82, 2.24) is 0 Å². The molecule has 2 aromatic heterocycles. The Bertz CT molecular complexity index is 645. The van der Waals surface area contributed by atoms with Crippen LogP contribution in [-0.2, 0) is 4.74 Å². The first-order chi connectivity index (χ1) is 9.58. The highest BCUT2D eigenvalue weighted by Crippen LogP contribution is 2.31. The highest BCUT2D eigenvalue weighted by molar-refractivity contribution is 7.13. The van der Waals surface area contributed by atoms with Crippen molar-refractivity contribution in [3.8, 4) is 5.75 Å². The van der Waals surface area contributed by atoms with Crippen LogP contribution in [0, 0.1) is 6.92 Å². The molecule has 1 amide bonds. The van der Waals surface area contributed by atoms with Crippen LogP contribution in [0.25, 0.3) is 0 Å². The van der Waals surface area contributed by atoms with Crippen molar-refractivity contribution >= 4 is 40.2 Å². The Morgan fingerprint density at radius 3 is 2.60 bits per heavy atom. The van der Waals surface area contributed by atoms with Crippen LogP contribution in [0.4, 0.5) is 5.69 Å². The van der Waals surface area contributed by atoms with Gasteiger partial charge in [-0.1, -0.05) is 0 Å². The number of rotatable bonds is 4. The Morgan fingerprint density at radius 2 is 1.95 bits per heavy atom. The third-order valence-corrected chi connectivity index (χ3v) is 4.61. The van der Waals surface area contributed by atoms with Crippen molar-refractivity contribution in [3.63, 3.8) is 0 Å². The van der Waals surface area contributed by atoms with Gasteiger partial charge in [0.1, 0.15) is 15.5 Å². The fourth-order valence-electron chi connectivity index (χ4n) is 1.64. The largest absolute Gasteiger partial charge is 0.495 e. The number of aryl methyl sites for hydroxylation is 1. The van der Waals surface area contributed by atoms with Crippen molar-refractivity contribution in [1.29, 1.82) is 0 Å². The third kappa shape index (κ3) is 2.68. The summed E-state index contributed by atoms with van der Waals surface area (Å²) in [4.78, 5) is 24.7. The first-order valence-corrected chi connectivity index (χ1v) is 7.43. The Morgan fingerprint density at radius 1 is 1.20 bits per heavy atom. The Labute approximate surface area is 124 Å². The first-order valence-electron chi connectivity index (χ1n) is 5.67. The van der Waals surface area contributed by atoms with Gasteiger partial charge < -0.3 is 14.8 Å². The Hall–Kier alpha value is -1.86. The van der Waals surface area contributed by atoms with Crippen molar-refractivity contribution < 1.29 is 19.1 Å². The quantitative estimate of drug-likeness (QED) is 0.881. The van der Waals surface area contributed by atoms with Gasteiger partial charge in [-0.15, -0.1) is 22.7 Å². The second-order valence-corrected chi connectivity index (χ2v) is 5.68. The molecule has 0 unspecified atom stereocenters. The third-order valence-electron chi connectivity index (χ3n) is 2.64. The molecule has 0 radical (unpaired) electrons. The zero-order valence-corrected chi connectivity index (χ0v) is 12.8. The number of hydrogen-bond donors (Lipinski definition) is 1. The van der Waals surface area contributed by atoms with Gasteiger partial charge in [-0.2, -0.15) is 0 Å². The first kappa shape index (κ1) is 14.5. The topological polar surface area (TPSA) is 64.6 Å². The van der Waals surface area contributed by atoms with Gasteiger partial charge in [0.2, 0.25) is 0 Å². The number of ether oxygens (including phenoxy) is 2. The molecule has 0 saturated carbocycles. The number of carbonyl (C=O) groups is 2. The molecule has 0 saturated heterocycles. The molecule has 0 bridgehead atoms. The lowest BCUT2D eigenvalue weighted by atomic mass is 10.2. The number of anilines is 1. The summed E-state index contributed by atoms with van der Waals surface area (Å²) in [6.07, 6.45) is 0. The van der Waals surface area contributed by atoms with Gasteiger partial charge in [0, 0.05) is 0 Å². The molecule has 5 nitrogen and oxygen atoms in total. The van der Waals surface area contributed by atoms with E-state index in [0.717, 1.165) is 5.56 Å². The number of thiophene rings is 2. The van der Waals surface area contributed by atoms with Gasteiger partial charge in [0.25, 0.3) is 5.91 Å². The highest BCUT2D eigenvalue weighted by atomic mass is 32.1. The highest BCUT2D eigenvalue weighted by Gasteiger charge is 2.21. The molecule has 0 aliphatic heterocycles. The number of carbonyl (C=O) groups excluding carboxylic acids is 2. The molecule has 2 heterocycles. The summed E-state index contributed by atoms with van der Waals surface area (Å²) in [5, 5.41) is 6.32. The van der Waals surface area contributed by atoms with E-state index in [4.69, 9.17) is 9.47 Å². The van der Waals surface area contributed by atoms with Gasteiger partial charge in [0.15, 0.2) is 0 Å². The zero-order chi connectivity index (χ0) is 14.7. The summed E-state index contributed by atoms with van der Waals surface area (Å²) >= 11 is 2.52. The molecule has 1 N–H and O–H groups in total. The summed E-state index contributed by atoms with van der Waals surface area (Å²) in [7, 11) is 2.82. The van der Waals surface area contributed by atoms with Crippen LogP contribution in [0.15, 0.2) is 16.8 Å². The Balaban J connectivity index is 2.28. The molecule has 106 valence electrons. The van der Waals surface area contributed by atoms with E-state index in [2.05, 4.69) is 5.32 Å². The fraction of sp³-hybridized carbons (Fsp3) is 0.231. The number of methoxy groups -OCH3 is 2. The van der Waals surface area contributed by atoms with Crippen molar-refractivity contribution in [2.75, 3.05) is 19.5 Å². The van der Waals surface area contributed by atoms with Crippen LogP contribution in [-0.4, -0.2) is 26.1 Å². The van der Waals surface area contributed by atoms with Crippen LogP contribution in [0.1, 0.15) is 24.9 Å². The molecule has 0 aliphatic carbocycles. The summed E-state index contributed by atoms with van der Waals surface area (Å²) in [5.41, 5.74) is 1.31. The van der Waals surface area contributed by atoms with E-state index in [9.17, 15) is 9.59 Å². The standard InChI is InChI=1S/C13H13NO4S2/c1-7-6-20-11(13(16)18-3)9(7)14-12(15)10-8(17-2)4-5-19-10/h4-6H,1-3H3,(H,14,15). The summed E-state index contributed by atoms with van der Waals surface area (Å²) in [5.74, 6) is -0.250. The van der Waals surface area contributed by atoms with Gasteiger partial charge in [-0.3, -0.25) is 4.79 Å². The fourth-order valence-corrected chi connectivity index (χ4v) is 3.31. The van der Waals surface area contributed by atoms with Gasteiger partial charge in [-0.25, -0.2) is 4.79 Å². The molecule has 0 aliphatic rings. The van der Waals surface area contributed by atoms with Gasteiger partial charge in [-0.05, 0) is 29.3 Å². The number of nitrogens with one attached hydrogen (secondary N) is 1. The number of amides is 1. The average molecular weight is 311 g/mol. The minimum Gasteiger partial charge on any atom is -0.495 e. The minimum absolute atomic E-state index is 0.302. The van der Waals surface area contributed by atoms with E-state index in [0.29, 0.717) is 21.2 Å². The van der Waals surface area contributed by atoms with Gasteiger partial charge in [0.05, 0.1) is 19.9 Å². The van der Waals surface area contributed by atoms with E-state index >= 15 is 0 Å². The van der Waals surface area contributed by atoms with Crippen molar-refractivity contribution in [2.24, 2.45) is 0 Å². The number of esters is 1. The normalized spacial score (nSPS) is 10.2. The second kappa shape index (κ2) is 6.06. The maximum absolute atomic E-state index is 12.2. The van der Waals surface area contributed by atoms with E-state index < -0.39 is 5.97 Å². The maximum Gasteiger partial charge on any atom is 0.350 e. The van der Waals surface area contributed by atoms with Crippen LogP contribution >= 0.6 is 22.7 Å². The van der Waals surface area contributed by atoms with E-state index in [1.807, 2.05) is 6.92 Å². The van der Waals surface area contributed by atoms with E-state index in [-0.39, 0.29) is 5.91 Å². The lowest BCUT2D eigenvalue weighted by Gasteiger charge is -2.07. The molecule has 2 aromatic rings. The molecule has 0 aromatic carbocycles. The van der Waals surface area contributed by atoms with Crippen molar-refractivity contribution in [3.05, 3.63) is 32.1 Å². The molecule has 2 rings (SSSR count). The van der Waals surface area contributed by atoms with Crippen LogP contribution in [0.2, 0.25) is 0 Å². The smallest absolute Gasteiger partial charge is 0.350 e. The summed E-state index contributed by atoms with van der Waals surface area (Å²) in [6.45, 7) is 1.82. The van der Waals surface area contributed by atoms with E-state index in [1.54, 1.807) is 16.8 Å². The molecule has 0 spiro atoms. The average Bonchev–Trinajstić information content (AvgIpc) is 3.05. The predicted molar refractivity (Wildman–Crippen MR) is 79.2 cm³/mol. The molecule has 20 heavy (non-hydrogen) atoms. The lowest BCUT2D eigenvalue weighted by Crippen LogP contribution is -2.14. The molecule has 0 fully saturated rings. The van der Waals surface area contributed by atoms with Gasteiger partial charge >= 0.3 is 5.97 Å².